The Labute approximate surface area is 145 Å². The lowest BCUT2D eigenvalue weighted by Crippen LogP contribution is -2.17. The topological polar surface area (TPSA) is 29.9 Å². The zero-order chi connectivity index (χ0) is 16.1. The summed E-state index contributed by atoms with van der Waals surface area (Å²) in [6.45, 7) is 2.22. The zero-order valence-corrected chi connectivity index (χ0v) is 14.1. The fourth-order valence-corrected chi connectivity index (χ4v) is 3.04. The summed E-state index contributed by atoms with van der Waals surface area (Å²) >= 11 is 12.1. The van der Waals surface area contributed by atoms with Gasteiger partial charge in [0, 0.05) is 35.5 Å². The number of nitrogens with zero attached hydrogens (tertiary/aromatic N) is 2. The second-order valence-electron chi connectivity index (χ2n) is 5.34. The summed E-state index contributed by atoms with van der Waals surface area (Å²) in [4.78, 5) is 4.42. The quantitative estimate of drug-likeness (QED) is 0.711. The Kier molecular flexibility index (Phi) is 5.34. The van der Waals surface area contributed by atoms with Crippen LogP contribution in [0.5, 0.6) is 0 Å². The van der Waals surface area contributed by atoms with Crippen molar-refractivity contribution in [3.8, 4) is 0 Å². The lowest BCUT2D eigenvalue weighted by atomic mass is 10.2. The number of halogens is 2. The molecule has 1 aromatic heterocycles. The van der Waals surface area contributed by atoms with Crippen molar-refractivity contribution in [2.45, 2.75) is 19.6 Å². The second-order valence-corrected chi connectivity index (χ2v) is 6.21. The van der Waals surface area contributed by atoms with E-state index in [0.29, 0.717) is 23.1 Å². The number of imidazole rings is 1. The molecule has 5 heteroatoms. The predicted octanol–water partition coefficient (Wildman–Crippen LogP) is 4.53. The fraction of sp³-hybridized carbons (Fsp3) is 0.167. The molecule has 0 unspecified atom stereocenters. The lowest BCUT2D eigenvalue weighted by molar-refractivity contribution is 0.621. The third-order valence-corrected chi connectivity index (χ3v) is 3.97. The van der Waals surface area contributed by atoms with Crippen molar-refractivity contribution in [2.75, 3.05) is 0 Å². The fourth-order valence-electron chi connectivity index (χ4n) is 2.46. The van der Waals surface area contributed by atoms with Crippen LogP contribution in [0.25, 0.3) is 0 Å². The highest BCUT2D eigenvalue weighted by Crippen LogP contribution is 2.20. The highest BCUT2D eigenvalue weighted by Gasteiger charge is 2.05. The van der Waals surface area contributed by atoms with Crippen LogP contribution < -0.4 is 5.32 Å². The molecule has 0 amide bonds. The van der Waals surface area contributed by atoms with Crippen LogP contribution in [0.2, 0.25) is 10.0 Å². The van der Waals surface area contributed by atoms with E-state index in [1.165, 1.54) is 5.56 Å². The highest BCUT2D eigenvalue weighted by molar-refractivity contribution is 6.34. The van der Waals surface area contributed by atoms with Gasteiger partial charge in [-0.05, 0) is 29.3 Å². The molecule has 0 radical (unpaired) electrons. The van der Waals surface area contributed by atoms with Crippen molar-refractivity contribution in [3.05, 3.63) is 87.9 Å². The molecule has 0 aliphatic heterocycles. The molecule has 0 bridgehead atoms. The Hall–Kier alpha value is -1.81. The van der Waals surface area contributed by atoms with Crippen LogP contribution in [-0.2, 0) is 19.6 Å². The van der Waals surface area contributed by atoms with E-state index in [1.54, 1.807) is 6.07 Å². The maximum Gasteiger partial charge on any atom is 0.122 e. The Morgan fingerprint density at radius 1 is 0.913 bits per heavy atom. The number of hydrogen-bond donors (Lipinski definition) is 1. The predicted molar refractivity (Wildman–Crippen MR) is 94.8 cm³/mol. The van der Waals surface area contributed by atoms with Gasteiger partial charge in [-0.1, -0.05) is 53.5 Å². The number of hydrogen-bond acceptors (Lipinski definition) is 2. The van der Waals surface area contributed by atoms with E-state index in [1.807, 2.05) is 42.7 Å². The van der Waals surface area contributed by atoms with E-state index in [-0.39, 0.29) is 0 Å². The molecule has 1 heterocycles. The van der Waals surface area contributed by atoms with E-state index in [0.717, 1.165) is 17.9 Å². The minimum absolute atomic E-state index is 0.649. The Balaban J connectivity index is 1.63. The largest absolute Gasteiger partial charge is 0.329 e. The number of benzene rings is 2. The smallest absolute Gasteiger partial charge is 0.122 e. The van der Waals surface area contributed by atoms with Crippen LogP contribution in [0.15, 0.2) is 60.9 Å². The molecule has 0 atom stereocenters. The van der Waals surface area contributed by atoms with E-state index < -0.39 is 0 Å². The Morgan fingerprint density at radius 2 is 1.65 bits per heavy atom. The maximum atomic E-state index is 6.06. The number of aromatic nitrogens is 2. The third kappa shape index (κ3) is 4.58. The summed E-state index contributed by atoms with van der Waals surface area (Å²) in [5.74, 6) is 0.983. The van der Waals surface area contributed by atoms with Gasteiger partial charge in [0.2, 0.25) is 0 Å². The maximum absolute atomic E-state index is 6.06. The monoisotopic (exact) mass is 345 g/mol. The van der Waals surface area contributed by atoms with Crippen LogP contribution >= 0.6 is 23.2 Å². The van der Waals surface area contributed by atoms with Crippen molar-refractivity contribution < 1.29 is 0 Å². The molecular weight excluding hydrogens is 329 g/mol. The van der Waals surface area contributed by atoms with Gasteiger partial charge in [-0.15, -0.1) is 0 Å². The summed E-state index contributed by atoms with van der Waals surface area (Å²) in [5, 5.41) is 4.72. The van der Waals surface area contributed by atoms with Gasteiger partial charge in [0.15, 0.2) is 0 Å². The average Bonchev–Trinajstić information content (AvgIpc) is 2.94. The molecule has 3 rings (SSSR count). The first-order chi connectivity index (χ1) is 11.2. The number of nitrogens with one attached hydrogen (secondary N) is 1. The molecule has 3 aromatic rings. The van der Waals surface area contributed by atoms with Gasteiger partial charge in [0.05, 0.1) is 6.54 Å². The van der Waals surface area contributed by atoms with E-state index in [9.17, 15) is 0 Å². The normalized spacial score (nSPS) is 10.9. The molecule has 118 valence electrons. The van der Waals surface area contributed by atoms with Crippen LogP contribution in [0.3, 0.4) is 0 Å². The van der Waals surface area contributed by atoms with Gasteiger partial charge in [-0.3, -0.25) is 0 Å². The number of rotatable bonds is 6. The molecule has 0 spiro atoms. The summed E-state index contributed by atoms with van der Waals surface area (Å²) in [6.07, 6.45) is 3.78. The first-order valence-electron chi connectivity index (χ1n) is 7.40. The van der Waals surface area contributed by atoms with Gasteiger partial charge < -0.3 is 9.88 Å². The van der Waals surface area contributed by atoms with Crippen LogP contribution in [-0.4, -0.2) is 9.55 Å². The molecule has 0 saturated heterocycles. The average molecular weight is 346 g/mol. The Morgan fingerprint density at radius 3 is 2.39 bits per heavy atom. The zero-order valence-electron chi connectivity index (χ0n) is 12.5. The van der Waals surface area contributed by atoms with Gasteiger partial charge in [0.1, 0.15) is 5.82 Å². The molecule has 0 fully saturated rings. The summed E-state index contributed by atoms with van der Waals surface area (Å²) in [5.41, 5.74) is 2.32. The van der Waals surface area contributed by atoms with Gasteiger partial charge in [-0.2, -0.15) is 0 Å². The molecule has 0 saturated carbocycles. The van der Waals surface area contributed by atoms with Crippen molar-refractivity contribution in [3.63, 3.8) is 0 Å². The van der Waals surface area contributed by atoms with E-state index in [2.05, 4.69) is 27.0 Å². The SMILES string of the molecule is Clc1cc(Cl)cc(Cn2ccnc2CNCc2ccccc2)c1. The summed E-state index contributed by atoms with van der Waals surface area (Å²) in [7, 11) is 0. The Bertz CT molecular complexity index is 749. The first-order valence-corrected chi connectivity index (χ1v) is 8.16. The van der Waals surface area contributed by atoms with Crippen LogP contribution in [0.4, 0.5) is 0 Å². The van der Waals surface area contributed by atoms with Gasteiger partial charge in [0.25, 0.3) is 0 Å². The standard InChI is InChI=1S/C18H17Cl2N3/c19-16-8-15(9-17(20)10-16)13-23-7-6-22-18(23)12-21-11-14-4-2-1-3-5-14/h1-10,21H,11-13H2. The van der Waals surface area contributed by atoms with Crippen molar-refractivity contribution in [1.82, 2.24) is 14.9 Å². The highest BCUT2D eigenvalue weighted by atomic mass is 35.5. The van der Waals surface area contributed by atoms with Crippen molar-refractivity contribution in [2.24, 2.45) is 0 Å². The minimum Gasteiger partial charge on any atom is -0.329 e. The van der Waals surface area contributed by atoms with Crippen LogP contribution in [0, 0.1) is 0 Å². The molecule has 0 aliphatic carbocycles. The molecule has 2 aromatic carbocycles. The molecule has 0 aliphatic rings. The van der Waals surface area contributed by atoms with Crippen LogP contribution in [0.1, 0.15) is 17.0 Å². The molecular formula is C18H17Cl2N3. The van der Waals surface area contributed by atoms with Gasteiger partial charge in [-0.25, -0.2) is 4.98 Å². The van der Waals surface area contributed by atoms with Crippen molar-refractivity contribution in [1.29, 1.82) is 0 Å². The second kappa shape index (κ2) is 7.64. The van der Waals surface area contributed by atoms with Crippen molar-refractivity contribution >= 4 is 23.2 Å². The minimum atomic E-state index is 0.649. The molecule has 1 N–H and O–H groups in total. The first kappa shape index (κ1) is 16.1. The molecule has 23 heavy (non-hydrogen) atoms. The molecule has 3 nitrogen and oxygen atoms in total. The van der Waals surface area contributed by atoms with E-state index >= 15 is 0 Å². The van der Waals surface area contributed by atoms with Gasteiger partial charge >= 0.3 is 0 Å². The summed E-state index contributed by atoms with van der Waals surface area (Å²) in [6, 6.07) is 15.9. The lowest BCUT2D eigenvalue weighted by Gasteiger charge is -2.10. The van der Waals surface area contributed by atoms with E-state index in [4.69, 9.17) is 23.2 Å². The summed E-state index contributed by atoms with van der Waals surface area (Å²) < 4.78 is 2.10. The third-order valence-electron chi connectivity index (χ3n) is 3.53.